The summed E-state index contributed by atoms with van der Waals surface area (Å²) in [5.41, 5.74) is 1.87. The first kappa shape index (κ1) is 18.2. The summed E-state index contributed by atoms with van der Waals surface area (Å²) in [4.78, 5) is 31.9. The molecule has 0 radical (unpaired) electrons. The minimum absolute atomic E-state index is 0.113. The molecule has 1 saturated heterocycles. The van der Waals surface area contributed by atoms with E-state index in [0.29, 0.717) is 43.0 Å². The van der Waals surface area contributed by atoms with Gasteiger partial charge >= 0.3 is 0 Å². The predicted molar refractivity (Wildman–Crippen MR) is 99.1 cm³/mol. The molecule has 1 aromatic carbocycles. The van der Waals surface area contributed by atoms with E-state index in [1.54, 1.807) is 17.0 Å². The van der Waals surface area contributed by atoms with Crippen LogP contribution in [0.15, 0.2) is 48.3 Å². The lowest BCUT2D eigenvalue weighted by Crippen LogP contribution is -2.47. The largest absolute Gasteiger partial charge is 0.314 e. The first-order valence-electron chi connectivity index (χ1n) is 8.92. The number of anilines is 1. The fourth-order valence-corrected chi connectivity index (χ4v) is 3.43. The minimum Gasteiger partial charge on any atom is -0.314 e. The maximum absolute atomic E-state index is 13.3. The van der Waals surface area contributed by atoms with E-state index in [1.165, 1.54) is 18.3 Å². The molecule has 2 aromatic rings. The predicted octanol–water partition coefficient (Wildman–Crippen LogP) is 2.40. The molecule has 0 saturated carbocycles. The molecule has 0 atom stereocenters. The topological polar surface area (TPSA) is 65.5 Å². The van der Waals surface area contributed by atoms with Crippen molar-refractivity contribution in [3.8, 4) is 11.1 Å². The second kappa shape index (κ2) is 7.47. The quantitative estimate of drug-likeness (QED) is 0.879. The molecule has 2 amide bonds. The van der Waals surface area contributed by atoms with Crippen LogP contribution < -0.4 is 5.32 Å². The number of fused-ring (bicyclic) bond motifs is 1. The number of aromatic nitrogens is 1. The molecule has 1 N–H and O–H groups in total. The van der Waals surface area contributed by atoms with Crippen LogP contribution in [0.4, 0.5) is 14.6 Å². The Bertz CT molecular complexity index is 939. The summed E-state index contributed by atoms with van der Waals surface area (Å²) >= 11 is 0. The number of nitrogens with one attached hydrogen (secondary N) is 1. The van der Waals surface area contributed by atoms with E-state index in [1.807, 2.05) is 11.0 Å². The molecule has 0 aliphatic carbocycles. The van der Waals surface area contributed by atoms with Gasteiger partial charge < -0.3 is 10.2 Å². The van der Waals surface area contributed by atoms with Crippen molar-refractivity contribution in [1.82, 2.24) is 14.8 Å². The van der Waals surface area contributed by atoms with Crippen LogP contribution in [0.1, 0.15) is 6.42 Å². The van der Waals surface area contributed by atoms with Crippen molar-refractivity contribution in [3.63, 3.8) is 0 Å². The van der Waals surface area contributed by atoms with Crippen LogP contribution in [0.5, 0.6) is 0 Å². The van der Waals surface area contributed by atoms with Crippen molar-refractivity contribution >= 4 is 17.6 Å². The number of benzene rings is 1. The summed E-state index contributed by atoms with van der Waals surface area (Å²) in [7, 11) is 0. The number of hydrogen-bond acceptors (Lipinski definition) is 4. The lowest BCUT2D eigenvalue weighted by atomic mass is 10.1. The molecule has 1 fully saturated rings. The third-order valence-corrected chi connectivity index (χ3v) is 4.78. The number of carbonyl (C=O) groups excluding carboxylic acids is 2. The number of amides is 2. The molecule has 8 heteroatoms. The monoisotopic (exact) mass is 384 g/mol. The van der Waals surface area contributed by atoms with E-state index in [4.69, 9.17) is 0 Å². The van der Waals surface area contributed by atoms with E-state index >= 15 is 0 Å². The molecule has 3 heterocycles. The standard InChI is InChI=1S/C20H18F2N4O2/c21-15-7-14(8-16(22)9-15)13-1-3-18(23-10-13)24-19(27)12-25-5-6-26-17(11-25)2-4-20(26)28/h1-3,7-10H,4-6,11-12H2,(H,23,24,27). The number of hydrogen-bond donors (Lipinski definition) is 1. The number of nitrogens with zero attached hydrogens (tertiary/aromatic N) is 3. The number of carbonyl (C=O) groups is 2. The van der Waals surface area contributed by atoms with Crippen molar-refractivity contribution in [2.45, 2.75) is 6.42 Å². The highest BCUT2D eigenvalue weighted by Crippen LogP contribution is 2.23. The number of pyridine rings is 1. The van der Waals surface area contributed by atoms with Gasteiger partial charge in [-0.2, -0.15) is 0 Å². The molecule has 28 heavy (non-hydrogen) atoms. The zero-order chi connectivity index (χ0) is 19.7. The molecule has 1 aromatic heterocycles. The third-order valence-electron chi connectivity index (χ3n) is 4.78. The first-order valence-corrected chi connectivity index (χ1v) is 8.92. The summed E-state index contributed by atoms with van der Waals surface area (Å²) < 4.78 is 26.7. The smallest absolute Gasteiger partial charge is 0.239 e. The Labute approximate surface area is 160 Å². The Kier molecular flexibility index (Phi) is 4.87. The summed E-state index contributed by atoms with van der Waals surface area (Å²) in [6, 6.07) is 6.49. The van der Waals surface area contributed by atoms with E-state index in [2.05, 4.69) is 10.3 Å². The highest BCUT2D eigenvalue weighted by Gasteiger charge is 2.29. The van der Waals surface area contributed by atoms with Gasteiger partial charge in [0.05, 0.1) is 6.54 Å². The highest BCUT2D eigenvalue weighted by molar-refractivity contribution is 5.91. The van der Waals surface area contributed by atoms with Crippen molar-refractivity contribution in [3.05, 3.63) is 59.9 Å². The van der Waals surface area contributed by atoms with E-state index < -0.39 is 11.6 Å². The average Bonchev–Trinajstić information content (AvgIpc) is 3.02. The third kappa shape index (κ3) is 3.91. The van der Waals surface area contributed by atoms with Gasteiger partial charge in [0.2, 0.25) is 11.8 Å². The van der Waals surface area contributed by atoms with Crippen molar-refractivity contribution in [1.29, 1.82) is 0 Å². The van der Waals surface area contributed by atoms with Crippen LogP contribution >= 0.6 is 0 Å². The van der Waals surface area contributed by atoms with Crippen LogP contribution in [0, 0.1) is 11.6 Å². The van der Waals surface area contributed by atoms with E-state index in [0.717, 1.165) is 11.8 Å². The molecule has 0 spiro atoms. The molecule has 4 rings (SSSR count). The Hall–Kier alpha value is -3.13. The average molecular weight is 384 g/mol. The van der Waals surface area contributed by atoms with Crippen LogP contribution in [-0.4, -0.2) is 52.8 Å². The SMILES string of the molecule is O=C(CN1CCN2C(=O)CC=C2C1)Nc1ccc(-c2cc(F)cc(F)c2)cn1. The van der Waals surface area contributed by atoms with Crippen LogP contribution in [0.2, 0.25) is 0 Å². The molecule has 0 unspecified atom stereocenters. The van der Waals surface area contributed by atoms with Crippen LogP contribution in [0.3, 0.4) is 0 Å². The number of rotatable bonds is 4. The summed E-state index contributed by atoms with van der Waals surface area (Å²) in [6.07, 6.45) is 3.79. The zero-order valence-electron chi connectivity index (χ0n) is 15.0. The normalized spacial score (nSPS) is 16.7. The van der Waals surface area contributed by atoms with Gasteiger partial charge in [0, 0.05) is 49.6 Å². The summed E-state index contributed by atoms with van der Waals surface area (Å²) in [6.45, 7) is 1.98. The molecule has 2 aliphatic rings. The van der Waals surface area contributed by atoms with E-state index in [-0.39, 0.29) is 18.4 Å². The molecular weight excluding hydrogens is 366 g/mol. The maximum atomic E-state index is 13.3. The number of piperazine rings is 1. The highest BCUT2D eigenvalue weighted by atomic mass is 19.1. The van der Waals surface area contributed by atoms with Crippen molar-refractivity contribution < 1.29 is 18.4 Å². The second-order valence-corrected chi connectivity index (χ2v) is 6.79. The molecule has 144 valence electrons. The van der Waals surface area contributed by atoms with E-state index in [9.17, 15) is 18.4 Å². The number of halogens is 2. The van der Waals surface area contributed by atoms with Gasteiger partial charge in [0.15, 0.2) is 0 Å². The van der Waals surface area contributed by atoms with Gasteiger partial charge in [-0.15, -0.1) is 0 Å². The molecule has 2 aliphatic heterocycles. The summed E-state index contributed by atoms with van der Waals surface area (Å²) in [5, 5.41) is 2.72. The Balaban J connectivity index is 1.35. The van der Waals surface area contributed by atoms with Gasteiger partial charge in [-0.3, -0.25) is 14.5 Å². The lowest BCUT2D eigenvalue weighted by Gasteiger charge is -2.33. The Morgan fingerprint density at radius 3 is 2.61 bits per heavy atom. The summed E-state index contributed by atoms with van der Waals surface area (Å²) in [5.74, 6) is -1.06. The Morgan fingerprint density at radius 1 is 1.11 bits per heavy atom. The second-order valence-electron chi connectivity index (χ2n) is 6.79. The lowest BCUT2D eigenvalue weighted by molar-refractivity contribution is -0.128. The minimum atomic E-state index is -0.661. The van der Waals surface area contributed by atoms with Crippen molar-refractivity contribution in [2.75, 3.05) is 31.5 Å². The van der Waals surface area contributed by atoms with Gasteiger partial charge in [0.25, 0.3) is 0 Å². The first-order chi connectivity index (χ1) is 13.5. The van der Waals surface area contributed by atoms with Gasteiger partial charge in [-0.1, -0.05) is 6.08 Å². The van der Waals surface area contributed by atoms with Gasteiger partial charge in [0.1, 0.15) is 17.5 Å². The molecular formula is C20H18F2N4O2. The molecule has 0 bridgehead atoms. The Morgan fingerprint density at radius 2 is 1.89 bits per heavy atom. The van der Waals surface area contributed by atoms with Crippen LogP contribution in [-0.2, 0) is 9.59 Å². The fraction of sp³-hybridized carbons (Fsp3) is 0.250. The van der Waals surface area contributed by atoms with Crippen molar-refractivity contribution in [2.24, 2.45) is 0 Å². The zero-order valence-corrected chi connectivity index (χ0v) is 15.0. The fourth-order valence-electron chi connectivity index (χ4n) is 3.43. The maximum Gasteiger partial charge on any atom is 0.239 e. The molecule has 6 nitrogen and oxygen atoms in total. The van der Waals surface area contributed by atoms with Crippen LogP contribution in [0.25, 0.3) is 11.1 Å². The van der Waals surface area contributed by atoms with Gasteiger partial charge in [-0.05, 0) is 29.8 Å². The van der Waals surface area contributed by atoms with Gasteiger partial charge in [-0.25, -0.2) is 13.8 Å².